The van der Waals surface area contributed by atoms with Gasteiger partial charge in [-0.15, -0.1) is 6.58 Å². The van der Waals surface area contributed by atoms with Crippen molar-refractivity contribution >= 4 is 21.9 Å². The van der Waals surface area contributed by atoms with Gasteiger partial charge < -0.3 is 4.74 Å². The first kappa shape index (κ1) is 16.4. The molecule has 0 spiro atoms. The van der Waals surface area contributed by atoms with Crippen LogP contribution in [0.5, 0.6) is 0 Å². The first-order valence-electron chi connectivity index (χ1n) is 6.36. The average molecular weight is 293 g/mol. The van der Waals surface area contributed by atoms with Crippen molar-refractivity contribution in [3.8, 4) is 0 Å². The molecule has 1 unspecified atom stereocenters. The number of imide groups is 1. The Morgan fingerprint density at radius 1 is 1.40 bits per heavy atom. The number of carbonyl (C=O) groups excluding carboxylic acids is 2. The van der Waals surface area contributed by atoms with Crippen LogP contribution in [0.2, 0.25) is 0 Å². The van der Waals surface area contributed by atoms with Crippen LogP contribution in [0.1, 0.15) is 18.4 Å². The van der Waals surface area contributed by atoms with Gasteiger partial charge in [-0.05, 0) is 18.4 Å². The molecule has 0 radical (unpaired) electrons. The predicted octanol–water partition coefficient (Wildman–Crippen LogP) is 2.60. The molecule has 1 aliphatic heterocycles. The van der Waals surface area contributed by atoms with Gasteiger partial charge in [0.2, 0.25) is 5.91 Å². The van der Waals surface area contributed by atoms with Gasteiger partial charge in [0.05, 0.1) is 6.04 Å². The smallest absolute Gasteiger partial charge is 0.416 e. The number of cyclic esters (lactones) is 1. The highest BCUT2D eigenvalue weighted by Crippen LogP contribution is 2.18. The molecule has 1 aromatic carbocycles. The van der Waals surface area contributed by atoms with E-state index in [1.807, 2.05) is 30.3 Å². The number of carbonyl (C=O) groups is 2. The first-order valence-corrected chi connectivity index (χ1v) is 6.36. The lowest BCUT2D eigenvalue weighted by atomic mass is 10.1. The van der Waals surface area contributed by atoms with Crippen LogP contribution in [0.25, 0.3) is 0 Å². The maximum absolute atomic E-state index is 12.1. The van der Waals surface area contributed by atoms with Crippen molar-refractivity contribution in [1.29, 1.82) is 0 Å². The minimum Gasteiger partial charge on any atom is -0.447 e. The summed E-state index contributed by atoms with van der Waals surface area (Å²) in [7, 11) is 0. The van der Waals surface area contributed by atoms with Gasteiger partial charge in [0.1, 0.15) is 6.61 Å². The van der Waals surface area contributed by atoms with E-state index in [1.165, 1.54) is 4.90 Å². The van der Waals surface area contributed by atoms with Crippen LogP contribution in [0.15, 0.2) is 43.0 Å². The molecule has 1 heterocycles. The number of hydrogen-bond acceptors (Lipinski definition) is 3. The lowest BCUT2D eigenvalue weighted by Crippen LogP contribution is -2.38. The third kappa shape index (κ3) is 3.91. The minimum absolute atomic E-state index is 0. The molecule has 1 aliphatic rings. The lowest BCUT2D eigenvalue weighted by Gasteiger charge is -2.18. The summed E-state index contributed by atoms with van der Waals surface area (Å²) >= 11 is 0. The fourth-order valence-electron chi connectivity index (χ4n) is 2.15. The molecule has 1 saturated heterocycles. The largest absolute Gasteiger partial charge is 0.447 e. The molecule has 2 rings (SSSR count). The molecule has 0 saturated carbocycles. The molecule has 1 fully saturated rings. The van der Waals surface area contributed by atoms with E-state index in [0.29, 0.717) is 19.3 Å². The highest BCUT2D eigenvalue weighted by atomic mass is 31.0. The van der Waals surface area contributed by atoms with Crippen LogP contribution >= 0.6 is 9.90 Å². The van der Waals surface area contributed by atoms with Crippen molar-refractivity contribution in [3.05, 3.63) is 48.6 Å². The standard InChI is InChI=1S/C15H17NO3.H3P/c1-2-6-13-11-19-15(18)16(13)14(17)10-9-12-7-4-3-5-8-12;/h2-5,7-8,13H,1,6,9-11H2;1H3/t13-;/m1./s1. The number of aryl methyl sites for hydroxylation is 1. The van der Waals surface area contributed by atoms with Gasteiger partial charge in [-0.2, -0.15) is 9.90 Å². The molecule has 20 heavy (non-hydrogen) atoms. The van der Waals surface area contributed by atoms with E-state index >= 15 is 0 Å². The van der Waals surface area contributed by atoms with Gasteiger partial charge in [0.25, 0.3) is 0 Å². The Hall–Kier alpha value is -1.67. The second kappa shape index (κ2) is 7.81. The van der Waals surface area contributed by atoms with Crippen molar-refractivity contribution < 1.29 is 14.3 Å². The van der Waals surface area contributed by atoms with Crippen LogP contribution in [-0.4, -0.2) is 29.5 Å². The van der Waals surface area contributed by atoms with Gasteiger partial charge in [-0.25, -0.2) is 9.69 Å². The van der Waals surface area contributed by atoms with E-state index in [1.54, 1.807) is 6.08 Å². The number of hydrogen-bond donors (Lipinski definition) is 0. The van der Waals surface area contributed by atoms with E-state index in [-0.39, 0.29) is 28.5 Å². The van der Waals surface area contributed by atoms with Crippen LogP contribution in [0, 0.1) is 0 Å². The second-order valence-electron chi connectivity index (χ2n) is 4.50. The summed E-state index contributed by atoms with van der Waals surface area (Å²) in [4.78, 5) is 24.9. The van der Waals surface area contributed by atoms with E-state index in [0.717, 1.165) is 5.56 Å². The molecule has 2 amide bonds. The quantitative estimate of drug-likeness (QED) is 0.619. The van der Waals surface area contributed by atoms with Crippen molar-refractivity contribution in [2.45, 2.75) is 25.3 Å². The maximum Gasteiger partial charge on any atom is 0.416 e. The average Bonchev–Trinajstić information content (AvgIpc) is 2.79. The topological polar surface area (TPSA) is 46.6 Å². The summed E-state index contributed by atoms with van der Waals surface area (Å²) in [6.07, 6.45) is 2.68. The van der Waals surface area contributed by atoms with E-state index in [2.05, 4.69) is 6.58 Å². The molecule has 4 nitrogen and oxygen atoms in total. The maximum atomic E-state index is 12.1. The van der Waals surface area contributed by atoms with Gasteiger partial charge >= 0.3 is 6.09 Å². The minimum atomic E-state index is -0.537. The van der Waals surface area contributed by atoms with Crippen molar-refractivity contribution in [2.24, 2.45) is 0 Å². The molecule has 0 aromatic heterocycles. The van der Waals surface area contributed by atoms with Crippen LogP contribution in [-0.2, 0) is 16.0 Å². The van der Waals surface area contributed by atoms with Crippen molar-refractivity contribution in [3.63, 3.8) is 0 Å². The Bertz CT molecular complexity index is 475. The molecule has 1 aromatic rings. The van der Waals surface area contributed by atoms with E-state index in [9.17, 15) is 9.59 Å². The summed E-state index contributed by atoms with van der Waals surface area (Å²) in [5, 5.41) is 0. The van der Waals surface area contributed by atoms with Gasteiger partial charge in [-0.1, -0.05) is 36.4 Å². The van der Waals surface area contributed by atoms with Crippen molar-refractivity contribution in [1.82, 2.24) is 4.90 Å². The number of amides is 2. The van der Waals surface area contributed by atoms with Crippen LogP contribution < -0.4 is 0 Å². The molecule has 108 valence electrons. The summed E-state index contributed by atoms with van der Waals surface area (Å²) in [5.74, 6) is -0.182. The summed E-state index contributed by atoms with van der Waals surface area (Å²) in [6.45, 7) is 3.90. The Morgan fingerprint density at radius 3 is 2.75 bits per heavy atom. The summed E-state index contributed by atoms with van der Waals surface area (Å²) < 4.78 is 4.92. The summed E-state index contributed by atoms with van der Waals surface area (Å²) in [6, 6.07) is 9.54. The number of ether oxygens (including phenoxy) is 1. The zero-order valence-electron chi connectivity index (χ0n) is 11.5. The monoisotopic (exact) mass is 293 g/mol. The second-order valence-corrected chi connectivity index (χ2v) is 4.50. The highest BCUT2D eigenvalue weighted by molar-refractivity contribution is 6.92. The third-order valence-electron chi connectivity index (χ3n) is 3.14. The van der Waals surface area contributed by atoms with Crippen LogP contribution in [0.3, 0.4) is 0 Å². The molecule has 5 heteroatoms. The molecular formula is C15H20NO3P. The Labute approximate surface area is 122 Å². The fraction of sp³-hybridized carbons (Fsp3) is 0.333. The molecule has 0 aliphatic carbocycles. The van der Waals surface area contributed by atoms with E-state index in [4.69, 9.17) is 4.74 Å². The first-order chi connectivity index (χ1) is 9.22. The van der Waals surface area contributed by atoms with Crippen molar-refractivity contribution in [2.75, 3.05) is 6.61 Å². The predicted molar refractivity (Wildman–Crippen MR) is 82.7 cm³/mol. The van der Waals surface area contributed by atoms with Gasteiger partial charge in [0, 0.05) is 6.42 Å². The Morgan fingerprint density at radius 2 is 2.10 bits per heavy atom. The zero-order chi connectivity index (χ0) is 13.7. The Kier molecular flexibility index (Phi) is 6.40. The fourth-order valence-corrected chi connectivity index (χ4v) is 2.15. The van der Waals surface area contributed by atoms with Gasteiger partial charge in [0.15, 0.2) is 0 Å². The Balaban J connectivity index is 0.00000200. The van der Waals surface area contributed by atoms with Crippen LogP contribution in [0.4, 0.5) is 4.79 Å². The molecule has 0 bridgehead atoms. The third-order valence-corrected chi connectivity index (χ3v) is 3.14. The molecule has 2 atom stereocenters. The van der Waals surface area contributed by atoms with Gasteiger partial charge in [-0.3, -0.25) is 4.79 Å². The number of benzene rings is 1. The van der Waals surface area contributed by atoms with E-state index < -0.39 is 6.09 Å². The molecular weight excluding hydrogens is 273 g/mol. The summed E-state index contributed by atoms with van der Waals surface area (Å²) in [5.41, 5.74) is 1.09. The SMILES string of the molecule is C=CC[C@@H]1COC(=O)N1C(=O)CCc1ccccc1.P. The lowest BCUT2D eigenvalue weighted by molar-refractivity contribution is -0.129. The normalized spacial score (nSPS) is 17.3. The highest BCUT2D eigenvalue weighted by Gasteiger charge is 2.36. The number of nitrogens with zero attached hydrogens (tertiary/aromatic N) is 1. The zero-order valence-corrected chi connectivity index (χ0v) is 12.9. The molecule has 0 N–H and O–H groups in total. The number of rotatable bonds is 5.